The van der Waals surface area contributed by atoms with E-state index in [0.717, 1.165) is 24.4 Å². The number of hydrogen-bond acceptors (Lipinski definition) is 5. The maximum Gasteiger partial charge on any atom is 0.451 e. The van der Waals surface area contributed by atoms with E-state index in [0.29, 0.717) is 12.8 Å². The number of benzene rings is 1. The predicted octanol–water partition coefficient (Wildman–Crippen LogP) is 3.53. The number of halogens is 6. The van der Waals surface area contributed by atoms with Crippen molar-refractivity contribution in [3.8, 4) is 0 Å². The number of nitrogens with one attached hydrogen (secondary N) is 1. The molecule has 5 rings (SSSR count). The van der Waals surface area contributed by atoms with E-state index in [-0.39, 0.29) is 36.7 Å². The minimum atomic E-state index is -4.84. The second-order valence-corrected chi connectivity index (χ2v) is 9.27. The van der Waals surface area contributed by atoms with Crippen LogP contribution in [0.4, 0.5) is 22.0 Å². The van der Waals surface area contributed by atoms with Gasteiger partial charge in [-0.05, 0) is 37.0 Å². The molecule has 13 heteroatoms. The van der Waals surface area contributed by atoms with Crippen molar-refractivity contribution in [2.45, 2.75) is 37.1 Å². The zero-order valence-electron chi connectivity index (χ0n) is 17.9. The second-order valence-electron chi connectivity index (χ2n) is 8.86. The number of hydrogen-bond donors (Lipinski definition) is 1. The van der Waals surface area contributed by atoms with Gasteiger partial charge in [0.1, 0.15) is 23.4 Å². The van der Waals surface area contributed by atoms with Crippen LogP contribution in [-0.4, -0.2) is 52.0 Å². The molecule has 2 saturated heterocycles. The molecule has 0 unspecified atom stereocenters. The maximum atomic E-state index is 14.6. The molecule has 1 N–H and O–H groups in total. The summed E-state index contributed by atoms with van der Waals surface area (Å²) in [6, 6.07) is 0.529. The van der Waals surface area contributed by atoms with Gasteiger partial charge in [-0.15, -0.1) is 0 Å². The van der Waals surface area contributed by atoms with Crippen molar-refractivity contribution in [3.63, 3.8) is 0 Å². The van der Waals surface area contributed by atoms with Crippen molar-refractivity contribution < 1.29 is 36.3 Å². The Balaban J connectivity index is 1.39. The molecular weight excluding hydrogens is 499 g/mol. The molecule has 2 amide bonds. The van der Waals surface area contributed by atoms with Crippen LogP contribution in [0.25, 0.3) is 0 Å². The van der Waals surface area contributed by atoms with E-state index in [9.17, 15) is 31.5 Å². The third kappa shape index (κ3) is 4.44. The molecule has 1 aliphatic carbocycles. The summed E-state index contributed by atoms with van der Waals surface area (Å²) in [6.45, 7) is 0.405. The Bertz CT molecular complexity index is 1190. The van der Waals surface area contributed by atoms with E-state index in [1.54, 1.807) is 0 Å². The van der Waals surface area contributed by atoms with Gasteiger partial charge in [-0.2, -0.15) is 13.2 Å². The Labute approximate surface area is 200 Å². The van der Waals surface area contributed by atoms with Gasteiger partial charge in [0, 0.05) is 23.7 Å². The van der Waals surface area contributed by atoms with Gasteiger partial charge in [0.2, 0.25) is 11.7 Å². The number of piperidine rings is 1. The van der Waals surface area contributed by atoms with E-state index in [1.165, 1.54) is 4.90 Å². The molecule has 35 heavy (non-hydrogen) atoms. The SMILES string of the molecule is O=C(N[C@@H](c1cc(F)c(Cl)cc1F)C1COC1)[C@H]1C[C@H]2C[C@H]2N1C(=O)c1ccnc(C(F)(F)F)n1. The number of ether oxygens (including phenoxy) is 1. The standard InChI is InChI=1S/C22H18ClF5N4O3/c23-12-6-13(24)11(5-14(12)25)18(10-7-35-8-10)31-19(33)17-4-9-3-16(9)32(17)20(34)15-1-2-29-21(30-15)22(26,27)28/h1-2,5-6,9-10,16-18H,3-4,7-8H2,(H,31,33)/t9-,16-,17-,18-/m1/s1. The van der Waals surface area contributed by atoms with Crippen LogP contribution in [0.5, 0.6) is 0 Å². The monoisotopic (exact) mass is 516 g/mol. The van der Waals surface area contributed by atoms with Crippen molar-refractivity contribution in [3.05, 3.63) is 58.1 Å². The summed E-state index contributed by atoms with van der Waals surface area (Å²) in [5.74, 6) is -4.89. The summed E-state index contributed by atoms with van der Waals surface area (Å²) in [7, 11) is 0. The lowest BCUT2D eigenvalue weighted by Gasteiger charge is -2.36. The number of aromatic nitrogens is 2. The fourth-order valence-corrected chi connectivity index (χ4v) is 4.80. The Kier molecular flexibility index (Phi) is 5.91. The first kappa shape index (κ1) is 23.9. The average molecular weight is 517 g/mol. The van der Waals surface area contributed by atoms with E-state index in [4.69, 9.17) is 16.3 Å². The Morgan fingerprint density at radius 1 is 1.17 bits per heavy atom. The largest absolute Gasteiger partial charge is 0.451 e. The molecule has 3 aliphatic rings. The quantitative estimate of drug-likeness (QED) is 0.485. The molecule has 0 radical (unpaired) electrons. The van der Waals surface area contributed by atoms with Crippen LogP contribution in [0.2, 0.25) is 5.02 Å². The van der Waals surface area contributed by atoms with Crippen molar-refractivity contribution in [1.29, 1.82) is 0 Å². The first-order valence-electron chi connectivity index (χ1n) is 10.8. The van der Waals surface area contributed by atoms with Gasteiger partial charge in [0.15, 0.2) is 0 Å². The van der Waals surface area contributed by atoms with Crippen molar-refractivity contribution >= 4 is 23.4 Å². The smallest absolute Gasteiger partial charge is 0.381 e. The molecule has 4 atom stereocenters. The first-order chi connectivity index (χ1) is 16.5. The first-order valence-corrected chi connectivity index (χ1v) is 11.2. The summed E-state index contributed by atoms with van der Waals surface area (Å²) in [6.07, 6.45) is -3.09. The minimum Gasteiger partial charge on any atom is -0.381 e. The van der Waals surface area contributed by atoms with E-state index >= 15 is 0 Å². The van der Waals surface area contributed by atoms with Crippen molar-refractivity contribution in [2.24, 2.45) is 11.8 Å². The van der Waals surface area contributed by atoms with Crippen LogP contribution in [0, 0.1) is 23.5 Å². The number of amides is 2. The lowest BCUT2D eigenvalue weighted by Crippen LogP contribution is -2.51. The van der Waals surface area contributed by atoms with Crippen LogP contribution in [-0.2, 0) is 15.7 Å². The topological polar surface area (TPSA) is 84.4 Å². The van der Waals surface area contributed by atoms with Gasteiger partial charge in [0.05, 0.1) is 24.3 Å². The van der Waals surface area contributed by atoms with E-state index in [1.807, 2.05) is 0 Å². The van der Waals surface area contributed by atoms with Gasteiger partial charge in [0.25, 0.3) is 5.91 Å². The van der Waals surface area contributed by atoms with E-state index in [2.05, 4.69) is 15.3 Å². The van der Waals surface area contributed by atoms with Gasteiger partial charge in [-0.3, -0.25) is 9.59 Å². The normalized spacial score (nSPS) is 24.5. The summed E-state index contributed by atoms with van der Waals surface area (Å²) in [4.78, 5) is 34.1. The molecule has 0 spiro atoms. The molecule has 1 aromatic carbocycles. The predicted molar refractivity (Wildman–Crippen MR) is 110 cm³/mol. The van der Waals surface area contributed by atoms with Crippen LogP contribution in [0.3, 0.4) is 0 Å². The zero-order chi connectivity index (χ0) is 25.1. The highest BCUT2D eigenvalue weighted by Gasteiger charge is 2.57. The molecule has 2 aromatic rings. The fourth-order valence-electron chi connectivity index (χ4n) is 4.65. The molecule has 2 aliphatic heterocycles. The lowest BCUT2D eigenvalue weighted by atomic mass is 9.90. The highest BCUT2D eigenvalue weighted by atomic mass is 35.5. The molecular formula is C22H18ClF5N4O3. The number of nitrogens with zero attached hydrogens (tertiary/aromatic N) is 3. The van der Waals surface area contributed by atoms with E-state index < -0.39 is 58.2 Å². The number of fused-ring (bicyclic) bond motifs is 1. The summed E-state index contributed by atoms with van der Waals surface area (Å²) in [5.41, 5.74) is -0.590. The molecule has 0 bridgehead atoms. The summed E-state index contributed by atoms with van der Waals surface area (Å²) >= 11 is 5.65. The lowest BCUT2D eigenvalue weighted by molar-refractivity contribution is -0.145. The van der Waals surface area contributed by atoms with Gasteiger partial charge in [-0.25, -0.2) is 18.7 Å². The Morgan fingerprint density at radius 2 is 1.91 bits per heavy atom. The van der Waals surface area contributed by atoms with Crippen molar-refractivity contribution in [2.75, 3.05) is 13.2 Å². The average Bonchev–Trinajstić information content (AvgIpc) is 3.43. The zero-order valence-corrected chi connectivity index (χ0v) is 18.6. The van der Waals surface area contributed by atoms with Crippen LogP contribution < -0.4 is 5.32 Å². The second kappa shape index (κ2) is 8.66. The third-order valence-corrected chi connectivity index (χ3v) is 6.87. The molecule has 186 valence electrons. The number of carbonyl (C=O) groups excluding carboxylic acids is 2. The Morgan fingerprint density at radius 3 is 2.57 bits per heavy atom. The van der Waals surface area contributed by atoms with Gasteiger partial charge < -0.3 is 15.0 Å². The summed E-state index contributed by atoms with van der Waals surface area (Å²) < 4.78 is 72.9. The van der Waals surface area contributed by atoms with Crippen molar-refractivity contribution in [1.82, 2.24) is 20.2 Å². The number of rotatable bonds is 5. The number of carbonyl (C=O) groups is 2. The van der Waals surface area contributed by atoms with Crippen LogP contribution in [0.1, 0.15) is 40.8 Å². The summed E-state index contributed by atoms with van der Waals surface area (Å²) in [5, 5.41) is 2.30. The van der Waals surface area contributed by atoms with Crippen LogP contribution in [0.15, 0.2) is 24.4 Å². The van der Waals surface area contributed by atoms with Gasteiger partial charge >= 0.3 is 6.18 Å². The van der Waals surface area contributed by atoms with Crippen LogP contribution >= 0.6 is 11.6 Å². The highest BCUT2D eigenvalue weighted by Crippen LogP contribution is 2.48. The molecule has 7 nitrogen and oxygen atoms in total. The molecule has 3 heterocycles. The third-order valence-electron chi connectivity index (χ3n) is 6.58. The Hall–Kier alpha value is -2.86. The van der Waals surface area contributed by atoms with Gasteiger partial charge in [-0.1, -0.05) is 11.6 Å². The highest BCUT2D eigenvalue weighted by molar-refractivity contribution is 6.30. The number of alkyl halides is 3. The molecule has 1 aromatic heterocycles. The number of likely N-dealkylation sites (tertiary alicyclic amines) is 1. The molecule has 1 saturated carbocycles. The molecule has 3 fully saturated rings. The maximum absolute atomic E-state index is 14.6. The minimum absolute atomic E-state index is 0.0221. The fraction of sp³-hybridized carbons (Fsp3) is 0.455.